The van der Waals surface area contributed by atoms with Crippen molar-refractivity contribution in [2.24, 2.45) is 0 Å². The van der Waals surface area contributed by atoms with Crippen LogP contribution in [0.4, 0.5) is 5.69 Å². The molecule has 1 saturated heterocycles. The van der Waals surface area contributed by atoms with Crippen LogP contribution in [0.3, 0.4) is 0 Å². The number of sulfonamides is 1. The Morgan fingerprint density at radius 1 is 1.29 bits per heavy atom. The number of hydrogen-bond acceptors (Lipinski definition) is 6. The van der Waals surface area contributed by atoms with E-state index in [0.717, 1.165) is 5.69 Å². The molecule has 1 N–H and O–H groups in total. The van der Waals surface area contributed by atoms with Gasteiger partial charge in [0.1, 0.15) is 0 Å². The first-order chi connectivity index (χ1) is 13.4. The largest absolute Gasteiger partial charge is 0.465 e. The zero-order valence-corrected chi connectivity index (χ0v) is 17.0. The highest BCUT2D eigenvalue weighted by molar-refractivity contribution is 7.90. The van der Waals surface area contributed by atoms with E-state index in [1.807, 2.05) is 24.3 Å². The summed E-state index contributed by atoms with van der Waals surface area (Å²) in [6, 6.07) is 10.7. The van der Waals surface area contributed by atoms with E-state index in [-0.39, 0.29) is 6.54 Å². The molecule has 1 aliphatic heterocycles. The highest BCUT2D eigenvalue weighted by Gasteiger charge is 2.30. The molecule has 0 saturated carbocycles. The van der Waals surface area contributed by atoms with Crippen molar-refractivity contribution in [1.82, 2.24) is 9.71 Å². The molecule has 0 aliphatic carbocycles. The normalized spacial score (nSPS) is 15.4. The van der Waals surface area contributed by atoms with E-state index in [2.05, 4.69) is 19.3 Å². The zero-order valence-electron chi connectivity index (χ0n) is 15.5. The number of nitrogens with one attached hydrogen (secondary N) is 1. The fourth-order valence-electron chi connectivity index (χ4n) is 3.16. The van der Waals surface area contributed by atoms with Gasteiger partial charge >= 0.3 is 5.97 Å². The van der Waals surface area contributed by atoms with Gasteiger partial charge in [0, 0.05) is 30.0 Å². The van der Waals surface area contributed by atoms with E-state index in [9.17, 15) is 13.2 Å². The molecular weight excluding hydrogens is 402 g/mol. The fourth-order valence-corrected chi connectivity index (χ4v) is 4.76. The molecule has 1 fully saturated rings. The van der Waals surface area contributed by atoms with Gasteiger partial charge < -0.3 is 9.64 Å². The maximum absolute atomic E-state index is 12.6. The van der Waals surface area contributed by atoms with Gasteiger partial charge in [-0.3, -0.25) is 4.98 Å². The molecule has 0 bridgehead atoms. The van der Waals surface area contributed by atoms with Crippen LogP contribution in [-0.2, 0) is 21.3 Å². The second-order valence-electron chi connectivity index (χ2n) is 6.56. The fraction of sp³-hybridized carbons (Fsp3) is 0.368. The molecule has 9 heteroatoms. The van der Waals surface area contributed by atoms with E-state index >= 15 is 0 Å². The van der Waals surface area contributed by atoms with Crippen LogP contribution in [0.25, 0.3) is 0 Å². The van der Waals surface area contributed by atoms with E-state index < -0.39 is 21.2 Å². The summed E-state index contributed by atoms with van der Waals surface area (Å²) in [5, 5.41) is 0.219. The summed E-state index contributed by atoms with van der Waals surface area (Å²) >= 11 is 6.04. The maximum atomic E-state index is 12.6. The van der Waals surface area contributed by atoms with Crippen LogP contribution < -0.4 is 9.62 Å². The lowest BCUT2D eigenvalue weighted by atomic mass is 10.1. The topological polar surface area (TPSA) is 88.6 Å². The van der Waals surface area contributed by atoms with Crippen LogP contribution in [-0.4, -0.2) is 44.8 Å². The summed E-state index contributed by atoms with van der Waals surface area (Å²) in [6.07, 6.45) is 2.45. The van der Waals surface area contributed by atoms with Crippen molar-refractivity contribution in [2.45, 2.75) is 24.6 Å². The third-order valence-corrected chi connectivity index (χ3v) is 6.89. The minimum Gasteiger partial charge on any atom is -0.465 e. The van der Waals surface area contributed by atoms with Crippen LogP contribution in [0.5, 0.6) is 0 Å². The van der Waals surface area contributed by atoms with Crippen molar-refractivity contribution in [3.05, 3.63) is 58.9 Å². The summed E-state index contributed by atoms with van der Waals surface area (Å²) in [6.45, 7) is 1.38. The van der Waals surface area contributed by atoms with Crippen molar-refractivity contribution >= 4 is 33.3 Å². The lowest BCUT2D eigenvalue weighted by molar-refractivity contribution is 0.0600. The van der Waals surface area contributed by atoms with Gasteiger partial charge in [-0.2, -0.15) is 0 Å². The van der Waals surface area contributed by atoms with Crippen molar-refractivity contribution in [1.29, 1.82) is 0 Å². The molecule has 0 spiro atoms. The van der Waals surface area contributed by atoms with Crippen molar-refractivity contribution < 1.29 is 17.9 Å². The maximum Gasteiger partial charge on any atom is 0.339 e. The van der Waals surface area contributed by atoms with Gasteiger partial charge in [-0.25, -0.2) is 17.9 Å². The number of carbonyl (C=O) groups excluding carboxylic acids is 1. The van der Waals surface area contributed by atoms with Crippen molar-refractivity contribution in [2.75, 3.05) is 25.1 Å². The summed E-state index contributed by atoms with van der Waals surface area (Å²) in [7, 11) is -2.17. The number of ether oxygens (including phenoxy) is 1. The Bertz CT molecular complexity index is 926. The highest BCUT2D eigenvalue weighted by Crippen LogP contribution is 2.25. The molecule has 0 radical (unpaired) electrons. The number of pyridine rings is 1. The van der Waals surface area contributed by atoms with Gasteiger partial charge in [0.15, 0.2) is 0 Å². The van der Waals surface area contributed by atoms with Crippen LogP contribution in [0.1, 0.15) is 28.9 Å². The smallest absolute Gasteiger partial charge is 0.339 e. The number of aromatic nitrogens is 1. The Hall–Kier alpha value is -2.16. The number of nitrogens with zero attached hydrogens (tertiary/aromatic N) is 2. The van der Waals surface area contributed by atoms with Gasteiger partial charge in [-0.05, 0) is 43.2 Å². The Labute approximate surface area is 169 Å². The predicted molar refractivity (Wildman–Crippen MR) is 108 cm³/mol. The standard InChI is InChI=1S/C19H22ClN3O4S/c1-27-19(24)14-5-6-16(21-12-14)13-22-28(25,26)18-7-9-23(10-8-18)17-4-2-3-15(20)11-17/h2-6,11-12,18,22H,7-10,13H2,1H3. The molecule has 1 aromatic carbocycles. The molecule has 150 valence electrons. The van der Waals surface area contributed by atoms with Crippen molar-refractivity contribution in [3.63, 3.8) is 0 Å². The number of hydrogen-bond donors (Lipinski definition) is 1. The van der Waals surface area contributed by atoms with Gasteiger partial charge in [0.05, 0.1) is 30.2 Å². The Kier molecular flexibility index (Phi) is 6.53. The first-order valence-corrected chi connectivity index (χ1v) is 10.8. The first kappa shape index (κ1) is 20.6. The lowest BCUT2D eigenvalue weighted by Gasteiger charge is -2.33. The Morgan fingerprint density at radius 3 is 2.64 bits per heavy atom. The Balaban J connectivity index is 1.55. The van der Waals surface area contributed by atoms with Gasteiger partial charge in [-0.1, -0.05) is 17.7 Å². The van der Waals surface area contributed by atoms with Crippen LogP contribution in [0, 0.1) is 0 Å². The number of rotatable bonds is 6. The summed E-state index contributed by atoms with van der Waals surface area (Å²) in [5.74, 6) is -0.480. The lowest BCUT2D eigenvalue weighted by Crippen LogP contribution is -2.43. The molecule has 0 amide bonds. The average molecular weight is 424 g/mol. The summed E-state index contributed by atoms with van der Waals surface area (Å²) in [5.41, 5.74) is 1.86. The van der Waals surface area contributed by atoms with Crippen molar-refractivity contribution in [3.8, 4) is 0 Å². The minimum absolute atomic E-state index is 0.0816. The number of esters is 1. The molecule has 3 rings (SSSR count). The van der Waals surface area contributed by atoms with Crippen LogP contribution >= 0.6 is 11.6 Å². The molecule has 28 heavy (non-hydrogen) atoms. The molecule has 0 atom stereocenters. The number of halogens is 1. The van der Waals surface area contributed by atoms with E-state index in [1.54, 1.807) is 12.1 Å². The number of carbonyl (C=O) groups is 1. The van der Waals surface area contributed by atoms with Gasteiger partial charge in [0.2, 0.25) is 10.0 Å². The molecule has 7 nitrogen and oxygen atoms in total. The highest BCUT2D eigenvalue weighted by atomic mass is 35.5. The second-order valence-corrected chi connectivity index (χ2v) is 9.04. The number of anilines is 1. The van der Waals surface area contributed by atoms with Crippen LogP contribution in [0.2, 0.25) is 5.02 Å². The summed E-state index contributed by atoms with van der Waals surface area (Å²) in [4.78, 5) is 17.7. The molecule has 0 unspecified atom stereocenters. The zero-order chi connectivity index (χ0) is 20.1. The molecule has 2 aromatic rings. The number of piperidine rings is 1. The Morgan fingerprint density at radius 2 is 2.04 bits per heavy atom. The van der Waals surface area contributed by atoms with E-state index in [0.29, 0.717) is 42.2 Å². The van der Waals surface area contributed by atoms with Gasteiger partial charge in [0.25, 0.3) is 0 Å². The van der Waals surface area contributed by atoms with Gasteiger partial charge in [-0.15, -0.1) is 0 Å². The predicted octanol–water partition coefficient (Wildman–Crippen LogP) is 2.61. The third-order valence-electron chi connectivity index (χ3n) is 4.75. The minimum atomic E-state index is -3.46. The summed E-state index contributed by atoms with van der Waals surface area (Å²) < 4.78 is 32.5. The molecule has 2 heterocycles. The third kappa shape index (κ3) is 5.01. The number of benzene rings is 1. The molecule has 1 aliphatic rings. The molecular formula is C19H22ClN3O4S. The second kappa shape index (κ2) is 8.89. The van der Waals surface area contributed by atoms with E-state index in [1.165, 1.54) is 13.3 Å². The average Bonchev–Trinajstić information content (AvgIpc) is 2.72. The number of methoxy groups -OCH3 is 1. The first-order valence-electron chi connectivity index (χ1n) is 8.91. The van der Waals surface area contributed by atoms with Crippen LogP contribution in [0.15, 0.2) is 42.6 Å². The molecule has 1 aromatic heterocycles. The van der Waals surface area contributed by atoms with E-state index in [4.69, 9.17) is 11.6 Å². The SMILES string of the molecule is COC(=O)c1ccc(CNS(=O)(=O)C2CCN(c3cccc(Cl)c3)CC2)nc1. The quantitative estimate of drug-likeness (QED) is 0.718. The monoisotopic (exact) mass is 423 g/mol.